The van der Waals surface area contributed by atoms with Gasteiger partial charge in [-0.2, -0.15) is 0 Å². The lowest BCUT2D eigenvalue weighted by Crippen LogP contribution is -2.11. The van der Waals surface area contributed by atoms with Crippen molar-refractivity contribution >= 4 is 17.4 Å². The summed E-state index contributed by atoms with van der Waals surface area (Å²) >= 11 is 5.74. The van der Waals surface area contributed by atoms with Crippen LogP contribution in [-0.4, -0.2) is 15.0 Å². The van der Waals surface area contributed by atoms with Crippen molar-refractivity contribution in [2.45, 2.75) is 19.9 Å². The van der Waals surface area contributed by atoms with Crippen molar-refractivity contribution in [3.63, 3.8) is 0 Å². The number of aryl methyl sites for hydroxylation is 1. The Hall–Kier alpha value is -1.75. The molecule has 0 saturated heterocycles. The van der Waals surface area contributed by atoms with E-state index in [9.17, 15) is 4.39 Å². The minimum atomic E-state index is -0.354. The van der Waals surface area contributed by atoms with Crippen molar-refractivity contribution in [2.24, 2.45) is 0 Å². The number of halogens is 2. The molecule has 2 heterocycles. The summed E-state index contributed by atoms with van der Waals surface area (Å²) in [5.74, 6) is 0.292. The summed E-state index contributed by atoms with van der Waals surface area (Å²) in [6, 6.07) is 2.90. The lowest BCUT2D eigenvalue weighted by molar-refractivity contribution is 0.617. The second-order valence-electron chi connectivity index (χ2n) is 3.94. The first-order valence-electron chi connectivity index (χ1n) is 5.43. The van der Waals surface area contributed by atoms with Crippen molar-refractivity contribution < 1.29 is 4.39 Å². The van der Waals surface area contributed by atoms with E-state index in [4.69, 9.17) is 11.6 Å². The van der Waals surface area contributed by atoms with Gasteiger partial charge >= 0.3 is 0 Å². The molecule has 1 unspecified atom stereocenters. The number of aromatic nitrogens is 3. The van der Waals surface area contributed by atoms with Crippen LogP contribution >= 0.6 is 11.6 Å². The number of rotatable bonds is 3. The summed E-state index contributed by atoms with van der Waals surface area (Å²) in [6.07, 6.45) is 2.83. The molecule has 0 aliphatic carbocycles. The average molecular weight is 267 g/mol. The van der Waals surface area contributed by atoms with Crippen molar-refractivity contribution in [2.75, 3.05) is 5.32 Å². The van der Waals surface area contributed by atoms with E-state index in [1.165, 1.54) is 12.3 Å². The van der Waals surface area contributed by atoms with Crippen LogP contribution in [0.3, 0.4) is 0 Å². The Kier molecular flexibility index (Phi) is 3.72. The smallest absolute Gasteiger partial charge is 0.224 e. The maximum absolute atomic E-state index is 12.8. The van der Waals surface area contributed by atoms with Gasteiger partial charge in [0.25, 0.3) is 0 Å². The third-order valence-electron chi connectivity index (χ3n) is 2.49. The summed E-state index contributed by atoms with van der Waals surface area (Å²) in [6.45, 7) is 3.79. The molecule has 18 heavy (non-hydrogen) atoms. The molecule has 0 aliphatic heterocycles. The summed E-state index contributed by atoms with van der Waals surface area (Å²) in [5, 5.41) is 3.35. The molecular weight excluding hydrogens is 255 g/mol. The van der Waals surface area contributed by atoms with Crippen LogP contribution in [-0.2, 0) is 0 Å². The van der Waals surface area contributed by atoms with E-state index in [1.54, 1.807) is 12.3 Å². The third kappa shape index (κ3) is 2.92. The molecule has 94 valence electrons. The zero-order valence-electron chi connectivity index (χ0n) is 9.98. The molecule has 6 heteroatoms. The third-order valence-corrected chi connectivity index (χ3v) is 2.67. The molecule has 0 radical (unpaired) electrons. The Morgan fingerprint density at radius 1 is 1.28 bits per heavy atom. The SMILES string of the molecule is Cc1cnc(Cl)nc1NC(C)c1ccc(F)cn1. The monoisotopic (exact) mass is 266 g/mol. The fraction of sp³-hybridized carbons (Fsp3) is 0.250. The molecule has 2 aromatic heterocycles. The predicted molar refractivity (Wildman–Crippen MR) is 68.0 cm³/mol. The van der Waals surface area contributed by atoms with Crippen LogP contribution in [0, 0.1) is 12.7 Å². The highest BCUT2D eigenvalue weighted by molar-refractivity contribution is 6.28. The summed E-state index contributed by atoms with van der Waals surface area (Å²) in [7, 11) is 0. The van der Waals surface area contributed by atoms with Crippen LogP contribution in [0.4, 0.5) is 10.2 Å². The molecular formula is C12H12ClFN4. The van der Waals surface area contributed by atoms with Crippen LogP contribution in [0.1, 0.15) is 24.2 Å². The summed E-state index contributed by atoms with van der Waals surface area (Å²) < 4.78 is 12.8. The molecule has 0 saturated carbocycles. The highest BCUT2D eigenvalue weighted by Gasteiger charge is 2.10. The first kappa shape index (κ1) is 12.7. The average Bonchev–Trinajstić information content (AvgIpc) is 2.34. The molecule has 0 fully saturated rings. The number of nitrogens with one attached hydrogen (secondary N) is 1. The predicted octanol–water partition coefficient (Wildman–Crippen LogP) is 3.15. The van der Waals surface area contributed by atoms with Crippen molar-refractivity contribution in [1.82, 2.24) is 15.0 Å². The molecule has 0 amide bonds. The fourth-order valence-electron chi connectivity index (χ4n) is 1.49. The van der Waals surface area contributed by atoms with Crippen LogP contribution in [0.15, 0.2) is 24.5 Å². The number of hydrogen-bond donors (Lipinski definition) is 1. The number of anilines is 1. The van der Waals surface area contributed by atoms with Crippen molar-refractivity contribution in [1.29, 1.82) is 0 Å². The normalized spacial score (nSPS) is 12.2. The van der Waals surface area contributed by atoms with Gasteiger partial charge in [-0.25, -0.2) is 14.4 Å². The van der Waals surface area contributed by atoms with Crippen LogP contribution in [0.25, 0.3) is 0 Å². The first-order valence-corrected chi connectivity index (χ1v) is 5.81. The lowest BCUT2D eigenvalue weighted by atomic mass is 10.2. The van der Waals surface area contributed by atoms with Gasteiger partial charge in [0, 0.05) is 11.8 Å². The Morgan fingerprint density at radius 3 is 2.72 bits per heavy atom. The van der Waals surface area contributed by atoms with Crippen LogP contribution in [0.5, 0.6) is 0 Å². The minimum Gasteiger partial charge on any atom is -0.362 e. The Bertz CT molecular complexity index is 544. The van der Waals surface area contributed by atoms with Gasteiger partial charge in [0.15, 0.2) is 0 Å². The van der Waals surface area contributed by atoms with Gasteiger partial charge < -0.3 is 5.32 Å². The van der Waals surface area contributed by atoms with E-state index in [1.807, 2.05) is 13.8 Å². The molecule has 0 aromatic carbocycles. The molecule has 2 aromatic rings. The van der Waals surface area contributed by atoms with E-state index in [0.29, 0.717) is 5.82 Å². The van der Waals surface area contributed by atoms with E-state index < -0.39 is 0 Å². The quantitative estimate of drug-likeness (QED) is 0.867. The Balaban J connectivity index is 2.18. The van der Waals surface area contributed by atoms with Gasteiger partial charge in [-0.3, -0.25) is 4.98 Å². The molecule has 0 bridgehead atoms. The summed E-state index contributed by atoms with van der Waals surface area (Å²) in [5.41, 5.74) is 1.61. The van der Waals surface area contributed by atoms with E-state index in [2.05, 4.69) is 20.3 Å². The molecule has 1 N–H and O–H groups in total. The number of hydrogen-bond acceptors (Lipinski definition) is 4. The van der Waals surface area contributed by atoms with Crippen molar-refractivity contribution in [3.05, 3.63) is 46.9 Å². The number of pyridine rings is 1. The van der Waals surface area contributed by atoms with E-state index in [0.717, 1.165) is 11.3 Å². The molecule has 0 spiro atoms. The molecule has 2 rings (SSSR count). The van der Waals surface area contributed by atoms with Gasteiger partial charge in [0.05, 0.1) is 17.9 Å². The lowest BCUT2D eigenvalue weighted by Gasteiger charge is -2.15. The summed E-state index contributed by atoms with van der Waals surface area (Å²) in [4.78, 5) is 12.0. The van der Waals surface area contributed by atoms with Gasteiger partial charge in [0.2, 0.25) is 5.28 Å². The van der Waals surface area contributed by atoms with Gasteiger partial charge in [0.1, 0.15) is 11.6 Å². The zero-order valence-corrected chi connectivity index (χ0v) is 10.7. The molecule has 0 aliphatic rings. The van der Waals surface area contributed by atoms with Gasteiger partial charge in [-0.1, -0.05) is 0 Å². The highest BCUT2D eigenvalue weighted by Crippen LogP contribution is 2.19. The van der Waals surface area contributed by atoms with E-state index >= 15 is 0 Å². The molecule has 1 atom stereocenters. The van der Waals surface area contributed by atoms with Crippen LogP contribution in [0.2, 0.25) is 5.28 Å². The Labute approximate surface area is 109 Å². The van der Waals surface area contributed by atoms with Crippen LogP contribution < -0.4 is 5.32 Å². The Morgan fingerprint density at radius 2 is 2.06 bits per heavy atom. The standard InChI is InChI=1S/C12H12ClFN4/c1-7-5-16-12(13)18-11(7)17-8(2)10-4-3-9(14)6-15-10/h3-6,8H,1-2H3,(H,16,17,18). The number of nitrogens with zero attached hydrogens (tertiary/aromatic N) is 3. The first-order chi connectivity index (χ1) is 8.56. The fourth-order valence-corrected chi connectivity index (χ4v) is 1.62. The maximum atomic E-state index is 12.8. The minimum absolute atomic E-state index is 0.102. The van der Waals surface area contributed by atoms with Gasteiger partial charge in [-0.15, -0.1) is 0 Å². The highest BCUT2D eigenvalue weighted by atomic mass is 35.5. The second kappa shape index (κ2) is 5.27. The zero-order chi connectivity index (χ0) is 13.1. The maximum Gasteiger partial charge on any atom is 0.224 e. The molecule has 4 nitrogen and oxygen atoms in total. The van der Waals surface area contributed by atoms with Gasteiger partial charge in [-0.05, 0) is 37.6 Å². The second-order valence-corrected chi connectivity index (χ2v) is 4.28. The topological polar surface area (TPSA) is 50.7 Å². The van der Waals surface area contributed by atoms with E-state index in [-0.39, 0.29) is 17.1 Å². The van der Waals surface area contributed by atoms with Crippen molar-refractivity contribution in [3.8, 4) is 0 Å². The largest absolute Gasteiger partial charge is 0.362 e.